The van der Waals surface area contributed by atoms with Crippen LogP contribution in [-0.2, 0) is 13.6 Å². The number of nitrogens with zero attached hydrogens (tertiary/aromatic N) is 5. The summed E-state index contributed by atoms with van der Waals surface area (Å²) >= 11 is 0. The van der Waals surface area contributed by atoms with Crippen molar-refractivity contribution in [1.82, 2.24) is 29.3 Å². The van der Waals surface area contributed by atoms with E-state index in [1.807, 2.05) is 20.0 Å². The van der Waals surface area contributed by atoms with E-state index < -0.39 is 5.69 Å². The number of aliphatic hydroxyl groups is 1. The Morgan fingerprint density at radius 3 is 2.84 bits per heavy atom. The normalized spacial score (nSPS) is 12.5. The second kappa shape index (κ2) is 6.52. The molecule has 0 radical (unpaired) electrons. The van der Waals surface area contributed by atoms with Crippen LogP contribution in [0.1, 0.15) is 12.6 Å². The molecule has 0 amide bonds. The summed E-state index contributed by atoms with van der Waals surface area (Å²) in [6.07, 6.45) is 1.62. The van der Waals surface area contributed by atoms with Gasteiger partial charge in [-0.2, -0.15) is 10.1 Å². The Balaban J connectivity index is 2.25. The second-order valence-corrected chi connectivity index (χ2v) is 5.95. The highest BCUT2D eigenvalue weighted by atomic mass is 16.3. The van der Waals surface area contributed by atoms with Crippen LogP contribution in [0.5, 0.6) is 0 Å². The number of allylic oxidation sites excluding steroid dienone is 1. The third kappa shape index (κ3) is 3.05. The SMILES string of the molecule is C=CCn1c(=O)nc(N[C@H](C)CO)c2[nH]c(-c3cc(C)nn3C)nc21. The van der Waals surface area contributed by atoms with Crippen LogP contribution in [0.15, 0.2) is 23.5 Å². The zero-order valence-electron chi connectivity index (χ0n) is 14.4. The molecule has 1 atom stereocenters. The molecule has 3 aromatic heterocycles. The molecule has 0 aromatic carbocycles. The lowest BCUT2D eigenvalue weighted by Crippen LogP contribution is -2.27. The van der Waals surface area contributed by atoms with Gasteiger partial charge in [0.05, 0.1) is 12.3 Å². The fourth-order valence-electron chi connectivity index (χ4n) is 2.66. The molecule has 0 bridgehead atoms. The van der Waals surface area contributed by atoms with Crippen LogP contribution in [0, 0.1) is 6.92 Å². The summed E-state index contributed by atoms with van der Waals surface area (Å²) in [6.45, 7) is 7.59. The molecule has 0 aliphatic heterocycles. The van der Waals surface area contributed by atoms with Crippen LogP contribution in [0.2, 0.25) is 0 Å². The van der Waals surface area contributed by atoms with Gasteiger partial charge < -0.3 is 15.4 Å². The van der Waals surface area contributed by atoms with E-state index in [1.54, 1.807) is 17.7 Å². The minimum absolute atomic E-state index is 0.0825. The van der Waals surface area contributed by atoms with Crippen molar-refractivity contribution in [3.63, 3.8) is 0 Å². The molecule has 0 aliphatic rings. The smallest absolute Gasteiger partial charge is 0.351 e. The molecule has 0 saturated carbocycles. The Kier molecular flexibility index (Phi) is 4.41. The first-order valence-electron chi connectivity index (χ1n) is 7.94. The molecule has 0 unspecified atom stereocenters. The van der Waals surface area contributed by atoms with Gasteiger partial charge in [0, 0.05) is 19.6 Å². The van der Waals surface area contributed by atoms with E-state index in [0.717, 1.165) is 11.4 Å². The van der Waals surface area contributed by atoms with Crippen molar-refractivity contribution in [1.29, 1.82) is 0 Å². The third-order valence-corrected chi connectivity index (χ3v) is 3.83. The number of H-pyrrole nitrogens is 1. The summed E-state index contributed by atoms with van der Waals surface area (Å²) in [5, 5.41) is 16.6. The first kappa shape index (κ1) is 16.9. The van der Waals surface area contributed by atoms with Crippen LogP contribution in [-0.4, -0.2) is 47.1 Å². The minimum Gasteiger partial charge on any atom is -0.394 e. The molecule has 3 heterocycles. The molecule has 0 saturated heterocycles. The van der Waals surface area contributed by atoms with Gasteiger partial charge in [0.2, 0.25) is 0 Å². The van der Waals surface area contributed by atoms with Gasteiger partial charge in [-0.1, -0.05) is 6.08 Å². The maximum absolute atomic E-state index is 12.4. The van der Waals surface area contributed by atoms with Crippen LogP contribution < -0.4 is 11.0 Å². The van der Waals surface area contributed by atoms with Crippen LogP contribution in [0.4, 0.5) is 5.82 Å². The number of fused-ring (bicyclic) bond motifs is 1. The number of hydrogen-bond acceptors (Lipinski definition) is 6. The van der Waals surface area contributed by atoms with E-state index >= 15 is 0 Å². The van der Waals surface area contributed by atoms with Crippen molar-refractivity contribution < 1.29 is 5.11 Å². The van der Waals surface area contributed by atoms with Gasteiger partial charge in [-0.05, 0) is 19.9 Å². The van der Waals surface area contributed by atoms with E-state index in [4.69, 9.17) is 0 Å². The molecule has 132 valence electrons. The maximum Gasteiger partial charge on any atom is 0.351 e. The summed E-state index contributed by atoms with van der Waals surface area (Å²) in [5.41, 5.74) is 2.30. The summed E-state index contributed by atoms with van der Waals surface area (Å²) in [5.74, 6) is 0.947. The van der Waals surface area contributed by atoms with Crippen molar-refractivity contribution in [3.05, 3.63) is 34.9 Å². The number of anilines is 1. The number of imidazole rings is 1. The number of aromatic amines is 1. The molecule has 3 rings (SSSR count). The van der Waals surface area contributed by atoms with Crippen LogP contribution >= 0.6 is 0 Å². The quantitative estimate of drug-likeness (QED) is 0.571. The van der Waals surface area contributed by atoms with E-state index in [2.05, 4.69) is 31.9 Å². The van der Waals surface area contributed by atoms with E-state index in [9.17, 15) is 9.90 Å². The van der Waals surface area contributed by atoms with Gasteiger partial charge in [-0.15, -0.1) is 6.58 Å². The monoisotopic (exact) mass is 343 g/mol. The van der Waals surface area contributed by atoms with E-state index in [1.165, 1.54) is 4.57 Å². The maximum atomic E-state index is 12.4. The fraction of sp³-hybridized carbons (Fsp3) is 0.375. The van der Waals surface area contributed by atoms with Crippen molar-refractivity contribution in [3.8, 4) is 11.5 Å². The highest BCUT2D eigenvalue weighted by Gasteiger charge is 2.18. The highest BCUT2D eigenvalue weighted by Crippen LogP contribution is 2.24. The number of aryl methyl sites for hydroxylation is 2. The Labute approximate surface area is 144 Å². The number of hydrogen-bond donors (Lipinski definition) is 3. The molecule has 0 aliphatic carbocycles. The van der Waals surface area contributed by atoms with Gasteiger partial charge in [-0.3, -0.25) is 9.25 Å². The summed E-state index contributed by atoms with van der Waals surface area (Å²) < 4.78 is 3.17. The van der Waals surface area contributed by atoms with Gasteiger partial charge in [-0.25, -0.2) is 9.78 Å². The second-order valence-electron chi connectivity index (χ2n) is 5.95. The molecule has 0 spiro atoms. The number of aliphatic hydroxyl groups excluding tert-OH is 1. The Bertz CT molecular complexity index is 982. The fourth-order valence-corrected chi connectivity index (χ4v) is 2.66. The van der Waals surface area contributed by atoms with Gasteiger partial charge in [0.25, 0.3) is 0 Å². The standard InChI is InChI=1S/C16H21N7O2/c1-5-6-23-15-12(14(20-16(23)25)17-10(3)8-24)18-13(19-15)11-7-9(2)21-22(11)4/h5,7,10,24H,1,6,8H2,2-4H3,(H,18,19)(H,17,20,25)/t10-/m1/s1. The van der Waals surface area contributed by atoms with Crippen molar-refractivity contribution in [2.24, 2.45) is 7.05 Å². The molecular weight excluding hydrogens is 322 g/mol. The predicted octanol–water partition coefficient (Wildman–Crippen LogP) is 0.807. The van der Waals surface area contributed by atoms with Crippen molar-refractivity contribution in [2.45, 2.75) is 26.4 Å². The first-order valence-corrected chi connectivity index (χ1v) is 7.94. The zero-order valence-corrected chi connectivity index (χ0v) is 14.4. The van der Waals surface area contributed by atoms with Gasteiger partial charge in [0.1, 0.15) is 11.2 Å². The Hall–Kier alpha value is -2.94. The van der Waals surface area contributed by atoms with Crippen LogP contribution in [0.3, 0.4) is 0 Å². The minimum atomic E-state index is -0.431. The molecular formula is C16H21N7O2. The van der Waals surface area contributed by atoms with Gasteiger partial charge in [0.15, 0.2) is 17.3 Å². The van der Waals surface area contributed by atoms with Crippen molar-refractivity contribution in [2.75, 3.05) is 11.9 Å². The third-order valence-electron chi connectivity index (χ3n) is 3.83. The average molecular weight is 343 g/mol. The molecule has 9 nitrogen and oxygen atoms in total. The number of aromatic nitrogens is 6. The summed E-state index contributed by atoms with van der Waals surface area (Å²) in [6, 6.07) is 1.65. The lowest BCUT2D eigenvalue weighted by molar-refractivity contribution is 0.281. The molecule has 9 heteroatoms. The van der Waals surface area contributed by atoms with Crippen LogP contribution in [0.25, 0.3) is 22.7 Å². The topological polar surface area (TPSA) is 114 Å². The number of rotatable bonds is 6. The van der Waals surface area contributed by atoms with Crippen molar-refractivity contribution >= 4 is 17.0 Å². The molecule has 0 fully saturated rings. The zero-order chi connectivity index (χ0) is 18.1. The summed E-state index contributed by atoms with van der Waals surface area (Å²) in [4.78, 5) is 24.3. The largest absolute Gasteiger partial charge is 0.394 e. The Morgan fingerprint density at radius 2 is 2.24 bits per heavy atom. The number of nitrogens with one attached hydrogen (secondary N) is 2. The lowest BCUT2D eigenvalue weighted by Gasteiger charge is -2.12. The van der Waals surface area contributed by atoms with E-state index in [0.29, 0.717) is 29.4 Å². The highest BCUT2D eigenvalue weighted by molar-refractivity contribution is 5.85. The molecule has 3 N–H and O–H groups in total. The first-order chi connectivity index (χ1) is 11.9. The summed E-state index contributed by atoms with van der Waals surface area (Å²) in [7, 11) is 1.83. The van der Waals surface area contributed by atoms with Gasteiger partial charge >= 0.3 is 5.69 Å². The predicted molar refractivity (Wildman–Crippen MR) is 95.5 cm³/mol. The Morgan fingerprint density at radius 1 is 1.48 bits per heavy atom. The average Bonchev–Trinajstić information content (AvgIpc) is 3.14. The lowest BCUT2D eigenvalue weighted by atomic mass is 10.3. The molecule has 25 heavy (non-hydrogen) atoms. The molecule has 3 aromatic rings. The van der Waals surface area contributed by atoms with E-state index in [-0.39, 0.29) is 12.6 Å².